The molecule has 0 radical (unpaired) electrons. The Bertz CT molecular complexity index is 480. The number of sulfonamides is 1. The molecule has 9 heteroatoms. The SMILES string of the molecule is CS(=O)(=O)Nc1cc(B(O)O)cc(C(F)F)c1. The Morgan fingerprint density at radius 3 is 2.29 bits per heavy atom. The molecule has 0 aliphatic rings. The van der Waals surface area contributed by atoms with E-state index in [4.69, 9.17) is 10.0 Å². The molecule has 1 aromatic carbocycles. The summed E-state index contributed by atoms with van der Waals surface area (Å²) in [5, 5.41) is 17.8. The number of benzene rings is 1. The van der Waals surface area contributed by atoms with Crippen LogP contribution in [0.1, 0.15) is 12.0 Å². The average molecular weight is 265 g/mol. The number of hydrogen-bond donors (Lipinski definition) is 3. The van der Waals surface area contributed by atoms with Gasteiger partial charge in [0, 0.05) is 11.3 Å². The van der Waals surface area contributed by atoms with Crippen molar-refractivity contribution in [1.82, 2.24) is 0 Å². The Morgan fingerprint density at radius 2 is 1.88 bits per heavy atom. The summed E-state index contributed by atoms with van der Waals surface area (Å²) in [5.74, 6) is 0. The molecule has 0 bridgehead atoms. The van der Waals surface area contributed by atoms with E-state index in [1.54, 1.807) is 0 Å². The van der Waals surface area contributed by atoms with Crippen molar-refractivity contribution in [3.63, 3.8) is 0 Å². The molecule has 0 heterocycles. The highest BCUT2D eigenvalue weighted by molar-refractivity contribution is 7.92. The van der Waals surface area contributed by atoms with Crippen LogP contribution >= 0.6 is 0 Å². The standard InChI is InChI=1S/C8H10BF2NO4S/c1-17(15,16)12-7-3-5(8(10)11)2-6(4-7)9(13)14/h2-4,8,12-14H,1H3. The topological polar surface area (TPSA) is 86.6 Å². The largest absolute Gasteiger partial charge is 0.488 e. The summed E-state index contributed by atoms with van der Waals surface area (Å²) in [6.07, 6.45) is -1.98. The molecule has 0 saturated heterocycles. The van der Waals surface area contributed by atoms with Gasteiger partial charge in [-0.2, -0.15) is 0 Å². The van der Waals surface area contributed by atoms with Crippen LogP contribution in [0, 0.1) is 0 Å². The maximum Gasteiger partial charge on any atom is 0.488 e. The number of alkyl halides is 2. The van der Waals surface area contributed by atoms with Gasteiger partial charge in [0.15, 0.2) is 0 Å². The van der Waals surface area contributed by atoms with Gasteiger partial charge in [0.05, 0.1) is 6.26 Å². The fourth-order valence-electron chi connectivity index (χ4n) is 1.22. The first-order valence-corrected chi connectivity index (χ1v) is 6.35. The Balaban J connectivity index is 3.22. The molecule has 94 valence electrons. The number of rotatable bonds is 4. The van der Waals surface area contributed by atoms with Crippen LogP contribution in [-0.2, 0) is 10.0 Å². The van der Waals surface area contributed by atoms with Crippen molar-refractivity contribution in [3.8, 4) is 0 Å². The van der Waals surface area contributed by atoms with Crippen LogP contribution < -0.4 is 10.2 Å². The predicted molar refractivity (Wildman–Crippen MR) is 59.7 cm³/mol. The van der Waals surface area contributed by atoms with Crippen LogP contribution in [0.3, 0.4) is 0 Å². The summed E-state index contributed by atoms with van der Waals surface area (Å²) in [6, 6.07) is 2.89. The molecule has 5 nitrogen and oxygen atoms in total. The zero-order valence-corrected chi connectivity index (χ0v) is 9.58. The van der Waals surface area contributed by atoms with Gasteiger partial charge >= 0.3 is 7.12 Å². The molecular weight excluding hydrogens is 255 g/mol. The highest BCUT2D eigenvalue weighted by atomic mass is 32.2. The first-order chi connectivity index (χ1) is 7.69. The second-order valence-corrected chi connectivity index (χ2v) is 5.19. The van der Waals surface area contributed by atoms with E-state index in [0.717, 1.165) is 24.5 Å². The van der Waals surface area contributed by atoms with E-state index < -0.39 is 29.1 Å². The van der Waals surface area contributed by atoms with Gasteiger partial charge in [-0.15, -0.1) is 0 Å². The molecule has 0 aromatic heterocycles. The molecule has 0 aliphatic carbocycles. The Labute approximate surface area is 97.3 Å². The second-order valence-electron chi connectivity index (χ2n) is 3.44. The first kappa shape index (κ1) is 13.9. The van der Waals surface area contributed by atoms with E-state index >= 15 is 0 Å². The summed E-state index contributed by atoms with van der Waals surface area (Å²) in [7, 11) is -5.57. The lowest BCUT2D eigenvalue weighted by molar-refractivity contribution is 0.151. The maximum atomic E-state index is 12.5. The first-order valence-electron chi connectivity index (χ1n) is 4.46. The normalized spacial score (nSPS) is 11.6. The van der Waals surface area contributed by atoms with Crippen LogP contribution in [0.25, 0.3) is 0 Å². The third kappa shape index (κ3) is 4.29. The number of hydrogen-bond acceptors (Lipinski definition) is 4. The summed E-state index contributed by atoms with van der Waals surface area (Å²) >= 11 is 0. The fourth-order valence-corrected chi connectivity index (χ4v) is 1.77. The molecule has 0 atom stereocenters. The molecule has 0 amide bonds. The average Bonchev–Trinajstić information content (AvgIpc) is 2.14. The van der Waals surface area contributed by atoms with Crippen molar-refractivity contribution in [2.75, 3.05) is 11.0 Å². The minimum absolute atomic E-state index is 0.145. The lowest BCUT2D eigenvalue weighted by Crippen LogP contribution is -2.30. The number of anilines is 1. The van der Waals surface area contributed by atoms with E-state index in [9.17, 15) is 17.2 Å². The van der Waals surface area contributed by atoms with Crippen molar-refractivity contribution in [2.45, 2.75) is 6.43 Å². The van der Waals surface area contributed by atoms with Crippen molar-refractivity contribution >= 4 is 28.3 Å². The number of nitrogens with one attached hydrogen (secondary N) is 1. The van der Waals surface area contributed by atoms with Crippen LogP contribution in [0.4, 0.5) is 14.5 Å². The minimum atomic E-state index is -3.62. The van der Waals surface area contributed by atoms with E-state index in [0.29, 0.717) is 0 Å². The van der Waals surface area contributed by atoms with E-state index in [-0.39, 0.29) is 11.2 Å². The third-order valence-electron chi connectivity index (χ3n) is 1.83. The summed E-state index contributed by atoms with van der Waals surface area (Å²) in [5.41, 5.74) is -0.857. The zero-order valence-electron chi connectivity index (χ0n) is 8.76. The lowest BCUT2D eigenvalue weighted by atomic mass is 9.79. The van der Waals surface area contributed by atoms with Gasteiger partial charge in [0.25, 0.3) is 6.43 Å². The van der Waals surface area contributed by atoms with Gasteiger partial charge in [0.2, 0.25) is 10.0 Å². The Kier molecular flexibility index (Phi) is 4.07. The quantitative estimate of drug-likeness (QED) is 0.651. The molecule has 0 saturated carbocycles. The van der Waals surface area contributed by atoms with Gasteiger partial charge in [0.1, 0.15) is 0 Å². The van der Waals surface area contributed by atoms with Gasteiger partial charge in [-0.3, -0.25) is 4.72 Å². The maximum absolute atomic E-state index is 12.5. The van der Waals surface area contributed by atoms with E-state index in [1.165, 1.54) is 0 Å². The fraction of sp³-hybridized carbons (Fsp3) is 0.250. The molecule has 3 N–H and O–H groups in total. The van der Waals surface area contributed by atoms with Crippen molar-refractivity contribution < 1.29 is 27.2 Å². The van der Waals surface area contributed by atoms with Crippen LogP contribution in [0.2, 0.25) is 0 Å². The smallest absolute Gasteiger partial charge is 0.423 e. The molecule has 0 fully saturated rings. The Morgan fingerprint density at radius 1 is 1.29 bits per heavy atom. The van der Waals surface area contributed by atoms with E-state index in [1.807, 2.05) is 4.72 Å². The molecule has 0 aliphatic heterocycles. The Hall–Kier alpha value is -1.19. The summed E-state index contributed by atoms with van der Waals surface area (Å²) in [6.45, 7) is 0. The van der Waals surface area contributed by atoms with E-state index in [2.05, 4.69) is 0 Å². The summed E-state index contributed by atoms with van der Waals surface area (Å²) in [4.78, 5) is 0. The highest BCUT2D eigenvalue weighted by Gasteiger charge is 2.17. The van der Waals surface area contributed by atoms with Gasteiger partial charge in [-0.1, -0.05) is 6.07 Å². The molecule has 17 heavy (non-hydrogen) atoms. The zero-order chi connectivity index (χ0) is 13.2. The molecule has 0 unspecified atom stereocenters. The highest BCUT2D eigenvalue weighted by Crippen LogP contribution is 2.21. The van der Waals surface area contributed by atoms with Crippen LogP contribution in [0.5, 0.6) is 0 Å². The minimum Gasteiger partial charge on any atom is -0.423 e. The van der Waals surface area contributed by atoms with Crippen LogP contribution in [-0.4, -0.2) is 31.8 Å². The van der Waals surface area contributed by atoms with Gasteiger partial charge in [-0.05, 0) is 17.6 Å². The predicted octanol–water partition coefficient (Wildman–Crippen LogP) is -0.325. The van der Waals surface area contributed by atoms with Crippen molar-refractivity contribution in [3.05, 3.63) is 23.8 Å². The second kappa shape index (κ2) is 4.99. The van der Waals surface area contributed by atoms with Gasteiger partial charge < -0.3 is 10.0 Å². The molecular formula is C8H10BF2NO4S. The monoisotopic (exact) mass is 265 g/mol. The molecule has 1 aromatic rings. The number of halogens is 2. The van der Waals surface area contributed by atoms with Crippen molar-refractivity contribution in [1.29, 1.82) is 0 Å². The third-order valence-corrected chi connectivity index (χ3v) is 2.44. The van der Waals surface area contributed by atoms with Crippen molar-refractivity contribution in [2.24, 2.45) is 0 Å². The van der Waals surface area contributed by atoms with Gasteiger partial charge in [-0.25, -0.2) is 17.2 Å². The molecule has 0 spiro atoms. The summed E-state index contributed by atoms with van der Waals surface area (Å²) < 4.78 is 48.8. The molecule has 1 rings (SSSR count). The van der Waals surface area contributed by atoms with Crippen LogP contribution in [0.15, 0.2) is 18.2 Å². The lowest BCUT2D eigenvalue weighted by Gasteiger charge is -2.09.